The number of nitrogens with zero attached hydrogens (tertiary/aromatic N) is 3. The molecule has 9 heteroatoms. The molecule has 0 aromatic heterocycles. The number of carbonyl (C=O) groups is 2. The predicted octanol–water partition coefficient (Wildman–Crippen LogP) is 8.87. The van der Waals surface area contributed by atoms with Gasteiger partial charge in [-0.2, -0.15) is 0 Å². The number of carbonyl (C=O) groups excluding carboxylic acids is 2. The average molecular weight is 548 g/mol. The zero-order valence-electron chi connectivity index (χ0n) is 22.8. The summed E-state index contributed by atoms with van der Waals surface area (Å²) < 4.78 is 0.858. The molecule has 0 spiro atoms. The molecule has 0 aromatic rings. The number of rotatable bonds is 20. The summed E-state index contributed by atoms with van der Waals surface area (Å²) in [5.41, 5.74) is 0. The quantitative estimate of drug-likeness (QED) is 0.0498. The van der Waals surface area contributed by atoms with Crippen molar-refractivity contribution in [1.29, 1.82) is 0 Å². The van der Waals surface area contributed by atoms with Gasteiger partial charge in [-0.1, -0.05) is 126 Å². The third-order valence-corrected chi connectivity index (χ3v) is 9.79. The maximum atomic E-state index is 12.1. The van der Waals surface area contributed by atoms with Crippen molar-refractivity contribution < 1.29 is 14.4 Å². The Bertz CT molecular complexity index is 632. The van der Waals surface area contributed by atoms with Crippen LogP contribution in [-0.4, -0.2) is 51.0 Å². The molecule has 0 aromatic carbocycles. The van der Waals surface area contributed by atoms with Crippen molar-refractivity contribution in [3.63, 3.8) is 0 Å². The second-order valence-corrected chi connectivity index (χ2v) is 14.0. The Hall–Kier alpha value is -0.540. The van der Waals surface area contributed by atoms with Crippen LogP contribution in [0.5, 0.6) is 0 Å². The molecule has 0 bridgehead atoms. The minimum Gasteiger partial charge on any atom is -0.295 e. The predicted molar refractivity (Wildman–Crippen MR) is 156 cm³/mol. The summed E-state index contributed by atoms with van der Waals surface area (Å²) in [6.45, 7) is 5.94. The smallest absolute Gasteiger partial charge is 0.295 e. The molecule has 0 radical (unpaired) electrons. The Morgan fingerprint density at radius 1 is 0.914 bits per heavy atom. The highest BCUT2D eigenvalue weighted by Crippen LogP contribution is 2.36. The van der Waals surface area contributed by atoms with Gasteiger partial charge < -0.3 is 0 Å². The molecular formula is C26H49N3O3S3. The van der Waals surface area contributed by atoms with Crippen LogP contribution in [0.2, 0.25) is 0 Å². The number of unbranched alkanes of at least 4 members (excludes halogenated alkanes) is 15. The normalized spacial score (nSPS) is 16.3. The van der Waals surface area contributed by atoms with E-state index in [1.54, 1.807) is 24.9 Å². The van der Waals surface area contributed by atoms with Gasteiger partial charge in [0, 0.05) is 30.8 Å². The van der Waals surface area contributed by atoms with Gasteiger partial charge in [0.25, 0.3) is 0 Å². The Balaban J connectivity index is 1.90. The zero-order chi connectivity index (χ0) is 25.9. The number of amidine groups is 1. The third kappa shape index (κ3) is 14.7. The Morgan fingerprint density at radius 2 is 1.37 bits per heavy atom. The molecule has 1 fully saturated rings. The van der Waals surface area contributed by atoms with E-state index in [0.717, 1.165) is 5.75 Å². The molecule has 2 amide bonds. The van der Waals surface area contributed by atoms with Crippen LogP contribution in [0.25, 0.3) is 0 Å². The average Bonchev–Trinajstić information content (AvgIpc) is 3.03. The molecule has 0 atom stereocenters. The van der Waals surface area contributed by atoms with E-state index in [9.17, 15) is 9.59 Å². The molecular weight excluding hydrogens is 499 g/mol. The summed E-state index contributed by atoms with van der Waals surface area (Å²) in [5, 5.41) is 4.28. The third-order valence-electron chi connectivity index (χ3n) is 6.16. The fraction of sp³-hybridized carbons (Fsp3) is 0.885. The summed E-state index contributed by atoms with van der Waals surface area (Å²) in [4.78, 5) is 30.6. The molecule has 0 aliphatic carbocycles. The largest absolute Gasteiger partial charge is 0.446 e. The van der Waals surface area contributed by atoms with Gasteiger partial charge in [0.05, 0.1) is 4.75 Å². The van der Waals surface area contributed by atoms with Crippen LogP contribution in [-0.2, 0) is 9.63 Å². The lowest BCUT2D eigenvalue weighted by Crippen LogP contribution is -2.33. The summed E-state index contributed by atoms with van der Waals surface area (Å²) in [7, 11) is 6.35. The van der Waals surface area contributed by atoms with Crippen LogP contribution in [0.3, 0.4) is 0 Å². The Kier molecular flexibility index (Phi) is 18.2. The topological polar surface area (TPSA) is 62.2 Å². The molecule has 1 rings (SSSR count). The fourth-order valence-corrected chi connectivity index (χ4v) is 6.76. The number of hydrogen-bond acceptors (Lipinski definition) is 7. The minimum absolute atomic E-state index is 0.0469. The first-order valence-electron chi connectivity index (χ1n) is 13.6. The van der Waals surface area contributed by atoms with Crippen molar-refractivity contribution in [3.8, 4) is 0 Å². The van der Waals surface area contributed by atoms with Crippen molar-refractivity contribution in [3.05, 3.63) is 0 Å². The summed E-state index contributed by atoms with van der Waals surface area (Å²) in [6.07, 6.45) is 21.4. The van der Waals surface area contributed by atoms with E-state index in [1.165, 1.54) is 135 Å². The van der Waals surface area contributed by atoms with Crippen molar-refractivity contribution >= 4 is 50.7 Å². The number of hydrogen-bond donors (Lipinski definition) is 0. The monoisotopic (exact) mass is 547 g/mol. The van der Waals surface area contributed by atoms with E-state index in [-0.39, 0.29) is 5.91 Å². The molecule has 204 valence electrons. The Labute approximate surface area is 227 Å². The maximum Gasteiger partial charge on any atom is 0.446 e. The van der Waals surface area contributed by atoms with Gasteiger partial charge in [-0.15, -0.1) is 0 Å². The highest BCUT2D eigenvalue weighted by atomic mass is 33.1. The second kappa shape index (κ2) is 19.6. The SMILES string of the molecule is CCCCCCCCCCCCCCCCCCSSN(C)C(=O)ON=C1SC(C)(C)C(=O)N1C. The first-order chi connectivity index (χ1) is 16.8. The van der Waals surface area contributed by atoms with Gasteiger partial charge in [-0.3, -0.25) is 14.5 Å². The van der Waals surface area contributed by atoms with Crippen molar-refractivity contribution in [2.75, 3.05) is 19.8 Å². The van der Waals surface area contributed by atoms with Crippen molar-refractivity contribution in [2.24, 2.45) is 5.16 Å². The Morgan fingerprint density at radius 3 is 1.80 bits per heavy atom. The second-order valence-electron chi connectivity index (χ2n) is 9.90. The standard InChI is InChI=1S/C26H49N3O3S3/c1-6-7-8-9-10-11-12-13-14-15-16-17-18-19-20-21-22-33-35-29(5)25(31)32-27-24-28(4)23(30)26(2,3)34-24/h6-22H2,1-5H3. The maximum absolute atomic E-state index is 12.1. The van der Waals surface area contributed by atoms with Crippen LogP contribution in [0.4, 0.5) is 4.79 Å². The van der Waals surface area contributed by atoms with E-state index >= 15 is 0 Å². The highest BCUT2D eigenvalue weighted by molar-refractivity contribution is 8.75. The number of thioether (sulfide) groups is 1. The fourth-order valence-electron chi connectivity index (χ4n) is 3.90. The molecule has 1 saturated heterocycles. The zero-order valence-corrected chi connectivity index (χ0v) is 25.3. The molecule has 35 heavy (non-hydrogen) atoms. The van der Waals surface area contributed by atoms with Crippen LogP contribution in [0.1, 0.15) is 124 Å². The first-order valence-corrected chi connectivity index (χ1v) is 16.7. The van der Waals surface area contributed by atoms with E-state index in [0.29, 0.717) is 5.17 Å². The minimum atomic E-state index is -0.580. The van der Waals surface area contributed by atoms with E-state index < -0.39 is 10.8 Å². The van der Waals surface area contributed by atoms with Crippen LogP contribution >= 0.6 is 33.5 Å². The van der Waals surface area contributed by atoms with Crippen molar-refractivity contribution in [1.82, 2.24) is 9.21 Å². The van der Waals surface area contributed by atoms with Gasteiger partial charge in [-0.05, 0) is 25.4 Å². The van der Waals surface area contributed by atoms with E-state index in [1.807, 2.05) is 13.8 Å². The molecule has 1 aliphatic rings. The molecule has 0 saturated carbocycles. The van der Waals surface area contributed by atoms with E-state index in [4.69, 9.17) is 4.84 Å². The lowest BCUT2D eigenvalue weighted by atomic mass is 10.0. The van der Waals surface area contributed by atoms with Gasteiger partial charge in [0.2, 0.25) is 11.1 Å². The van der Waals surface area contributed by atoms with Gasteiger partial charge in [0.15, 0.2) is 0 Å². The lowest BCUT2D eigenvalue weighted by Gasteiger charge is -2.13. The molecule has 6 nitrogen and oxygen atoms in total. The highest BCUT2D eigenvalue weighted by Gasteiger charge is 2.43. The summed E-state index contributed by atoms with van der Waals surface area (Å²) in [6, 6.07) is 0. The molecule has 0 N–H and O–H groups in total. The molecule has 1 heterocycles. The van der Waals surface area contributed by atoms with E-state index in [2.05, 4.69) is 12.1 Å². The van der Waals surface area contributed by atoms with Crippen LogP contribution in [0, 0.1) is 0 Å². The van der Waals surface area contributed by atoms with Gasteiger partial charge in [-0.25, -0.2) is 9.10 Å². The van der Waals surface area contributed by atoms with Gasteiger partial charge >= 0.3 is 6.09 Å². The van der Waals surface area contributed by atoms with Crippen LogP contribution < -0.4 is 0 Å². The molecule has 1 aliphatic heterocycles. The van der Waals surface area contributed by atoms with Gasteiger partial charge in [0.1, 0.15) is 0 Å². The summed E-state index contributed by atoms with van der Waals surface area (Å²) in [5.74, 6) is 0.964. The summed E-state index contributed by atoms with van der Waals surface area (Å²) >= 11 is 1.30. The molecule has 0 unspecified atom stereocenters. The lowest BCUT2D eigenvalue weighted by molar-refractivity contribution is -0.127. The van der Waals surface area contributed by atoms with Crippen LogP contribution in [0.15, 0.2) is 5.16 Å². The number of amides is 2. The first kappa shape index (κ1) is 32.5. The van der Waals surface area contributed by atoms with Crippen molar-refractivity contribution in [2.45, 2.75) is 128 Å². The number of oxime groups is 1.